The summed E-state index contributed by atoms with van der Waals surface area (Å²) in [6.45, 7) is 4.35. The summed E-state index contributed by atoms with van der Waals surface area (Å²) < 4.78 is 2.20. The molecular weight excluding hydrogens is 236 g/mol. The van der Waals surface area contributed by atoms with Crippen LogP contribution in [0.4, 0.5) is 0 Å². The monoisotopic (exact) mass is 260 g/mol. The van der Waals surface area contributed by atoms with Crippen LogP contribution in [0.5, 0.6) is 0 Å². The fourth-order valence-corrected chi connectivity index (χ4v) is 2.43. The molecule has 0 saturated carbocycles. The summed E-state index contributed by atoms with van der Waals surface area (Å²) in [5, 5.41) is 3.19. The van der Waals surface area contributed by atoms with Crippen LogP contribution in [0.25, 0.3) is 11.0 Å². The first-order valence-electron chi connectivity index (χ1n) is 6.91. The van der Waals surface area contributed by atoms with Gasteiger partial charge in [-0.3, -0.25) is 4.90 Å². The number of fused-ring (bicyclic) bond motifs is 1. The standard InChI is InChI=1S/C15H24N4/c1-12(18(3)11-7-10-16-2)15-17-13-8-5-6-9-14(13)19(15)4/h5-6,8-9,12,16H,7,10-11H2,1-4H3. The number of rotatable bonds is 6. The fraction of sp³-hybridized carbons (Fsp3) is 0.533. The number of hydrogen-bond donors (Lipinski definition) is 1. The topological polar surface area (TPSA) is 33.1 Å². The number of para-hydroxylation sites is 2. The van der Waals surface area contributed by atoms with E-state index in [-0.39, 0.29) is 0 Å². The molecule has 0 fully saturated rings. The lowest BCUT2D eigenvalue weighted by molar-refractivity contribution is 0.246. The Morgan fingerprint density at radius 1 is 1.37 bits per heavy atom. The van der Waals surface area contributed by atoms with Crippen LogP contribution in [0.3, 0.4) is 0 Å². The largest absolute Gasteiger partial charge is 0.330 e. The Bertz CT molecular complexity index is 532. The van der Waals surface area contributed by atoms with Gasteiger partial charge in [-0.25, -0.2) is 4.98 Å². The first-order valence-corrected chi connectivity index (χ1v) is 6.91. The minimum Gasteiger partial charge on any atom is -0.330 e. The maximum absolute atomic E-state index is 4.77. The van der Waals surface area contributed by atoms with E-state index >= 15 is 0 Å². The van der Waals surface area contributed by atoms with Crippen molar-refractivity contribution in [3.8, 4) is 0 Å². The summed E-state index contributed by atoms with van der Waals surface area (Å²) in [7, 11) is 6.26. The summed E-state index contributed by atoms with van der Waals surface area (Å²) >= 11 is 0. The number of imidazole rings is 1. The first-order chi connectivity index (χ1) is 9.15. The van der Waals surface area contributed by atoms with Crippen LogP contribution >= 0.6 is 0 Å². The smallest absolute Gasteiger partial charge is 0.126 e. The van der Waals surface area contributed by atoms with Gasteiger partial charge < -0.3 is 9.88 Å². The van der Waals surface area contributed by atoms with Gasteiger partial charge in [-0.2, -0.15) is 0 Å². The van der Waals surface area contributed by atoms with E-state index in [1.165, 1.54) is 5.52 Å². The van der Waals surface area contributed by atoms with Gasteiger partial charge in [0.2, 0.25) is 0 Å². The Kier molecular flexibility index (Phi) is 4.56. The predicted molar refractivity (Wildman–Crippen MR) is 80.3 cm³/mol. The van der Waals surface area contributed by atoms with Crippen LogP contribution in [0.2, 0.25) is 0 Å². The minimum absolute atomic E-state index is 0.328. The first kappa shape index (κ1) is 14.0. The molecule has 1 N–H and O–H groups in total. The van der Waals surface area contributed by atoms with Crippen molar-refractivity contribution >= 4 is 11.0 Å². The second-order valence-corrected chi connectivity index (χ2v) is 5.13. The molecule has 104 valence electrons. The van der Waals surface area contributed by atoms with Crippen molar-refractivity contribution in [3.63, 3.8) is 0 Å². The zero-order valence-electron chi connectivity index (χ0n) is 12.3. The maximum Gasteiger partial charge on any atom is 0.126 e. The minimum atomic E-state index is 0.328. The van der Waals surface area contributed by atoms with Crippen molar-refractivity contribution in [3.05, 3.63) is 30.1 Å². The van der Waals surface area contributed by atoms with E-state index in [1.807, 2.05) is 13.1 Å². The summed E-state index contributed by atoms with van der Waals surface area (Å²) in [4.78, 5) is 7.13. The van der Waals surface area contributed by atoms with Crippen molar-refractivity contribution in [1.29, 1.82) is 0 Å². The second-order valence-electron chi connectivity index (χ2n) is 5.13. The summed E-state index contributed by atoms with van der Waals surface area (Å²) in [6, 6.07) is 8.64. The molecule has 0 saturated heterocycles. The van der Waals surface area contributed by atoms with Crippen molar-refractivity contribution in [2.45, 2.75) is 19.4 Å². The Hall–Kier alpha value is -1.39. The molecule has 0 amide bonds. The maximum atomic E-state index is 4.77. The highest BCUT2D eigenvalue weighted by atomic mass is 15.2. The molecule has 4 nitrogen and oxygen atoms in total. The summed E-state index contributed by atoms with van der Waals surface area (Å²) in [5.74, 6) is 1.13. The van der Waals surface area contributed by atoms with Gasteiger partial charge in [0.1, 0.15) is 5.82 Å². The Balaban J connectivity index is 2.16. The number of nitrogens with one attached hydrogen (secondary N) is 1. The van der Waals surface area contributed by atoms with E-state index in [0.29, 0.717) is 6.04 Å². The average Bonchev–Trinajstić information content (AvgIpc) is 2.76. The van der Waals surface area contributed by atoms with E-state index < -0.39 is 0 Å². The Morgan fingerprint density at radius 2 is 2.11 bits per heavy atom. The van der Waals surface area contributed by atoms with Gasteiger partial charge in [0.15, 0.2) is 0 Å². The van der Waals surface area contributed by atoms with Crippen LogP contribution < -0.4 is 5.32 Å². The van der Waals surface area contributed by atoms with E-state index in [9.17, 15) is 0 Å². The van der Waals surface area contributed by atoms with Crippen molar-refractivity contribution in [1.82, 2.24) is 19.8 Å². The Labute approximate surface area is 115 Å². The highest BCUT2D eigenvalue weighted by molar-refractivity contribution is 5.75. The van der Waals surface area contributed by atoms with E-state index in [4.69, 9.17) is 4.98 Å². The van der Waals surface area contributed by atoms with Gasteiger partial charge >= 0.3 is 0 Å². The molecule has 0 aliphatic rings. The third-order valence-corrected chi connectivity index (χ3v) is 3.79. The molecule has 2 rings (SSSR count). The Morgan fingerprint density at radius 3 is 2.79 bits per heavy atom. The lowest BCUT2D eigenvalue weighted by Crippen LogP contribution is -2.27. The molecule has 0 aliphatic heterocycles. The molecule has 1 unspecified atom stereocenters. The van der Waals surface area contributed by atoms with Gasteiger partial charge in [-0.05, 0) is 52.7 Å². The van der Waals surface area contributed by atoms with Gasteiger partial charge in [0.05, 0.1) is 17.1 Å². The molecule has 1 aromatic heterocycles. The van der Waals surface area contributed by atoms with Gasteiger partial charge in [-0.15, -0.1) is 0 Å². The van der Waals surface area contributed by atoms with Crippen LogP contribution in [0.15, 0.2) is 24.3 Å². The van der Waals surface area contributed by atoms with Crippen molar-refractivity contribution in [2.24, 2.45) is 7.05 Å². The van der Waals surface area contributed by atoms with Gasteiger partial charge in [0, 0.05) is 7.05 Å². The van der Waals surface area contributed by atoms with E-state index in [2.05, 4.69) is 54.0 Å². The van der Waals surface area contributed by atoms with Gasteiger partial charge in [-0.1, -0.05) is 12.1 Å². The van der Waals surface area contributed by atoms with Gasteiger partial charge in [0.25, 0.3) is 0 Å². The molecular formula is C15H24N4. The number of nitrogens with zero attached hydrogens (tertiary/aromatic N) is 3. The highest BCUT2D eigenvalue weighted by Gasteiger charge is 2.17. The second kappa shape index (κ2) is 6.17. The van der Waals surface area contributed by atoms with E-state index in [1.54, 1.807) is 0 Å². The zero-order valence-corrected chi connectivity index (χ0v) is 12.3. The van der Waals surface area contributed by atoms with Crippen LogP contribution in [0.1, 0.15) is 25.2 Å². The molecule has 19 heavy (non-hydrogen) atoms. The molecule has 0 bridgehead atoms. The van der Waals surface area contributed by atoms with E-state index in [0.717, 1.165) is 30.9 Å². The SMILES string of the molecule is CNCCCN(C)C(C)c1nc2ccccc2n1C. The molecule has 0 spiro atoms. The summed E-state index contributed by atoms with van der Waals surface area (Å²) in [5.41, 5.74) is 2.28. The average molecular weight is 260 g/mol. The molecule has 1 atom stereocenters. The zero-order chi connectivity index (χ0) is 13.8. The number of benzene rings is 1. The number of hydrogen-bond acceptors (Lipinski definition) is 3. The van der Waals surface area contributed by atoms with Crippen LogP contribution in [-0.2, 0) is 7.05 Å². The third kappa shape index (κ3) is 2.96. The number of aromatic nitrogens is 2. The lowest BCUT2D eigenvalue weighted by Gasteiger charge is -2.24. The van der Waals surface area contributed by atoms with Crippen molar-refractivity contribution in [2.75, 3.05) is 27.2 Å². The molecule has 2 aromatic rings. The summed E-state index contributed by atoms with van der Waals surface area (Å²) in [6.07, 6.45) is 1.15. The lowest BCUT2D eigenvalue weighted by atomic mass is 10.2. The molecule has 0 aliphatic carbocycles. The fourth-order valence-electron chi connectivity index (χ4n) is 2.43. The number of aryl methyl sites for hydroxylation is 1. The molecule has 4 heteroatoms. The normalized spacial score (nSPS) is 13.3. The van der Waals surface area contributed by atoms with Crippen molar-refractivity contribution < 1.29 is 0 Å². The third-order valence-electron chi connectivity index (χ3n) is 3.79. The quantitative estimate of drug-likeness (QED) is 0.808. The molecule has 0 radical (unpaired) electrons. The van der Waals surface area contributed by atoms with Crippen LogP contribution in [0, 0.1) is 0 Å². The highest BCUT2D eigenvalue weighted by Crippen LogP contribution is 2.22. The predicted octanol–water partition coefficient (Wildman–Crippen LogP) is 2.18. The van der Waals surface area contributed by atoms with Crippen LogP contribution in [-0.4, -0.2) is 41.6 Å². The molecule has 1 heterocycles. The molecule has 1 aromatic carbocycles.